The number of fused-ring (bicyclic) bond motifs is 1. The molecular formula is C21H35NO2S. The number of unbranched alkanes of at least 4 members (excludes halogenated alkanes) is 2. The molecule has 142 valence electrons. The fourth-order valence-corrected chi connectivity index (χ4v) is 6.62. The van der Waals surface area contributed by atoms with Gasteiger partial charge in [0.25, 0.3) is 0 Å². The van der Waals surface area contributed by atoms with Crippen LogP contribution >= 0.6 is 0 Å². The van der Waals surface area contributed by atoms with Crippen LogP contribution in [0.15, 0.2) is 23.1 Å². The second kappa shape index (κ2) is 8.11. The monoisotopic (exact) mass is 365 g/mol. The van der Waals surface area contributed by atoms with Gasteiger partial charge in [-0.05, 0) is 54.4 Å². The normalized spacial score (nSPS) is 21.4. The van der Waals surface area contributed by atoms with E-state index in [4.69, 9.17) is 0 Å². The quantitative estimate of drug-likeness (QED) is 0.649. The summed E-state index contributed by atoms with van der Waals surface area (Å²) >= 11 is 0. The first-order chi connectivity index (χ1) is 11.7. The second-order valence-electron chi connectivity index (χ2n) is 8.19. The SMILES string of the molecule is CCCCC1(CCCC)C[C@H](C)c2cc(N(C)C)ccc2S(=O)(=O)C1. The minimum atomic E-state index is -3.24. The molecule has 0 N–H and O–H groups in total. The lowest BCUT2D eigenvalue weighted by molar-refractivity contribution is 0.226. The van der Waals surface area contributed by atoms with Gasteiger partial charge in [-0.3, -0.25) is 0 Å². The average Bonchev–Trinajstić information content (AvgIpc) is 2.64. The Balaban J connectivity index is 2.49. The van der Waals surface area contributed by atoms with Crippen molar-refractivity contribution in [2.75, 3.05) is 24.7 Å². The number of hydrogen-bond acceptors (Lipinski definition) is 3. The molecule has 1 aliphatic heterocycles. The van der Waals surface area contributed by atoms with Crippen LogP contribution in [0, 0.1) is 5.41 Å². The molecule has 2 rings (SSSR count). The van der Waals surface area contributed by atoms with Crippen molar-refractivity contribution < 1.29 is 8.42 Å². The third-order valence-electron chi connectivity index (χ3n) is 5.73. The molecule has 3 nitrogen and oxygen atoms in total. The molecule has 1 aliphatic rings. The zero-order valence-electron chi connectivity index (χ0n) is 16.6. The first kappa shape index (κ1) is 20.3. The van der Waals surface area contributed by atoms with Crippen molar-refractivity contribution in [2.45, 2.75) is 76.5 Å². The fourth-order valence-electron chi connectivity index (χ4n) is 4.36. The molecule has 25 heavy (non-hydrogen) atoms. The summed E-state index contributed by atoms with van der Waals surface area (Å²) in [6.07, 6.45) is 7.52. The van der Waals surface area contributed by atoms with Gasteiger partial charge in [0.1, 0.15) is 0 Å². The number of rotatable bonds is 7. The van der Waals surface area contributed by atoms with Gasteiger partial charge in [-0.25, -0.2) is 8.42 Å². The Kier molecular flexibility index (Phi) is 6.58. The summed E-state index contributed by atoms with van der Waals surface area (Å²) in [4.78, 5) is 2.62. The molecule has 1 aromatic rings. The largest absolute Gasteiger partial charge is 0.378 e. The van der Waals surface area contributed by atoms with Gasteiger partial charge >= 0.3 is 0 Å². The lowest BCUT2D eigenvalue weighted by Gasteiger charge is -2.34. The topological polar surface area (TPSA) is 37.4 Å². The molecule has 0 unspecified atom stereocenters. The lowest BCUT2D eigenvalue weighted by Crippen LogP contribution is -2.30. The van der Waals surface area contributed by atoms with Crippen LogP contribution in [0.5, 0.6) is 0 Å². The highest BCUT2D eigenvalue weighted by atomic mass is 32.2. The highest BCUT2D eigenvalue weighted by Crippen LogP contribution is 2.47. The van der Waals surface area contributed by atoms with E-state index in [0.717, 1.165) is 56.2 Å². The molecule has 0 fully saturated rings. The molecule has 0 bridgehead atoms. The van der Waals surface area contributed by atoms with Crippen molar-refractivity contribution in [2.24, 2.45) is 5.41 Å². The summed E-state index contributed by atoms with van der Waals surface area (Å²) in [7, 11) is 0.768. The third kappa shape index (κ3) is 4.58. The number of anilines is 1. The van der Waals surface area contributed by atoms with Crippen molar-refractivity contribution in [3.8, 4) is 0 Å². The molecule has 0 aromatic heterocycles. The van der Waals surface area contributed by atoms with Gasteiger partial charge in [-0.15, -0.1) is 0 Å². The first-order valence-electron chi connectivity index (χ1n) is 9.78. The van der Waals surface area contributed by atoms with E-state index >= 15 is 0 Å². The van der Waals surface area contributed by atoms with Crippen LogP contribution in [0.1, 0.15) is 77.2 Å². The van der Waals surface area contributed by atoms with E-state index in [1.54, 1.807) is 0 Å². The van der Waals surface area contributed by atoms with E-state index in [0.29, 0.717) is 10.6 Å². The van der Waals surface area contributed by atoms with Crippen LogP contribution < -0.4 is 4.90 Å². The molecule has 1 aromatic carbocycles. The molecule has 0 aliphatic carbocycles. The lowest BCUT2D eigenvalue weighted by atomic mass is 9.72. The number of hydrogen-bond donors (Lipinski definition) is 0. The van der Waals surface area contributed by atoms with Crippen LogP contribution in [0.3, 0.4) is 0 Å². The van der Waals surface area contributed by atoms with Crippen molar-refractivity contribution in [1.82, 2.24) is 0 Å². The minimum Gasteiger partial charge on any atom is -0.378 e. The molecule has 1 atom stereocenters. The predicted molar refractivity (Wildman–Crippen MR) is 107 cm³/mol. The highest BCUT2D eigenvalue weighted by Gasteiger charge is 2.41. The molecule has 0 spiro atoms. The van der Waals surface area contributed by atoms with Crippen molar-refractivity contribution in [3.63, 3.8) is 0 Å². The summed E-state index contributed by atoms with van der Waals surface area (Å²) in [6.45, 7) is 6.60. The summed E-state index contributed by atoms with van der Waals surface area (Å²) in [5.74, 6) is 0.597. The van der Waals surface area contributed by atoms with Crippen molar-refractivity contribution in [3.05, 3.63) is 23.8 Å². The summed E-state index contributed by atoms with van der Waals surface area (Å²) in [5.41, 5.74) is 2.03. The highest BCUT2D eigenvalue weighted by molar-refractivity contribution is 7.91. The van der Waals surface area contributed by atoms with Gasteiger partial charge < -0.3 is 4.90 Å². The molecule has 1 heterocycles. The average molecular weight is 366 g/mol. The van der Waals surface area contributed by atoms with Crippen LogP contribution in [0.4, 0.5) is 5.69 Å². The summed E-state index contributed by atoms with van der Waals surface area (Å²) in [6, 6.07) is 5.87. The van der Waals surface area contributed by atoms with Gasteiger partial charge in [-0.2, -0.15) is 0 Å². The molecule has 0 saturated carbocycles. The third-order valence-corrected chi connectivity index (χ3v) is 7.77. The Bertz CT molecular complexity index is 671. The van der Waals surface area contributed by atoms with E-state index in [1.807, 2.05) is 31.1 Å². The molecule has 4 heteroatoms. The smallest absolute Gasteiger partial charge is 0.179 e. The minimum absolute atomic E-state index is 0.0679. The van der Waals surface area contributed by atoms with Gasteiger partial charge in [0, 0.05) is 19.8 Å². The second-order valence-corrected chi connectivity index (χ2v) is 10.1. The fraction of sp³-hybridized carbons (Fsp3) is 0.714. The predicted octanol–water partition coefficient (Wildman–Crippen LogP) is 5.40. The Labute approximate surface area is 154 Å². The van der Waals surface area contributed by atoms with Gasteiger partial charge in [0.2, 0.25) is 0 Å². The van der Waals surface area contributed by atoms with Crippen LogP contribution in [-0.4, -0.2) is 28.3 Å². The van der Waals surface area contributed by atoms with Crippen LogP contribution in [-0.2, 0) is 9.84 Å². The van der Waals surface area contributed by atoms with Crippen molar-refractivity contribution in [1.29, 1.82) is 0 Å². The Hall–Kier alpha value is -1.03. The zero-order valence-corrected chi connectivity index (χ0v) is 17.5. The van der Waals surface area contributed by atoms with Gasteiger partial charge in [0.15, 0.2) is 9.84 Å². The number of benzene rings is 1. The summed E-state index contributed by atoms with van der Waals surface area (Å²) < 4.78 is 26.5. The Morgan fingerprint density at radius 1 is 1.12 bits per heavy atom. The van der Waals surface area contributed by atoms with Crippen molar-refractivity contribution >= 4 is 15.5 Å². The molecule has 0 amide bonds. The van der Waals surface area contributed by atoms with E-state index in [-0.39, 0.29) is 11.3 Å². The Morgan fingerprint density at radius 2 is 1.72 bits per heavy atom. The van der Waals surface area contributed by atoms with E-state index in [9.17, 15) is 8.42 Å². The molecular weight excluding hydrogens is 330 g/mol. The number of sulfone groups is 1. The van der Waals surface area contributed by atoms with Gasteiger partial charge in [-0.1, -0.05) is 46.5 Å². The Morgan fingerprint density at radius 3 is 2.24 bits per heavy atom. The maximum atomic E-state index is 13.2. The first-order valence-corrected chi connectivity index (χ1v) is 11.4. The maximum absolute atomic E-state index is 13.2. The maximum Gasteiger partial charge on any atom is 0.179 e. The standard InChI is InChI=1S/C21H35NO2S/c1-6-8-12-21(13-9-7-2)15-17(3)19-14-18(22(4)5)10-11-20(19)25(23,24)16-21/h10-11,14,17H,6-9,12-13,15-16H2,1-5H3/t17-/m0/s1. The van der Waals surface area contributed by atoms with E-state index < -0.39 is 9.84 Å². The van der Waals surface area contributed by atoms with E-state index in [2.05, 4.69) is 26.8 Å². The van der Waals surface area contributed by atoms with Crippen LogP contribution in [0.25, 0.3) is 0 Å². The van der Waals surface area contributed by atoms with Gasteiger partial charge in [0.05, 0.1) is 10.6 Å². The summed E-state index contributed by atoms with van der Waals surface area (Å²) in [5, 5.41) is 0. The molecule has 0 radical (unpaired) electrons. The van der Waals surface area contributed by atoms with E-state index in [1.165, 1.54) is 0 Å². The zero-order chi connectivity index (χ0) is 18.7. The van der Waals surface area contributed by atoms with Crippen LogP contribution in [0.2, 0.25) is 0 Å². The number of nitrogens with zero attached hydrogens (tertiary/aromatic N) is 1. The molecule has 0 saturated heterocycles.